The Bertz CT molecular complexity index is 1440. The predicted molar refractivity (Wildman–Crippen MR) is 142 cm³/mol. The van der Waals surface area contributed by atoms with E-state index >= 15 is 0 Å². The number of aromatic nitrogens is 2. The van der Waals surface area contributed by atoms with Crippen LogP contribution in [0, 0.1) is 25.2 Å². The Morgan fingerprint density at radius 3 is 2.46 bits per heavy atom. The highest BCUT2D eigenvalue weighted by atomic mass is 35.5. The molecule has 0 aliphatic heterocycles. The Hall–Kier alpha value is -3.68. The highest BCUT2D eigenvalue weighted by Gasteiger charge is 2.17. The Morgan fingerprint density at radius 2 is 1.77 bits per heavy atom. The molecular weight excluding hydrogens is 454 g/mol. The molecule has 0 amide bonds. The quantitative estimate of drug-likeness (QED) is 0.286. The van der Waals surface area contributed by atoms with Crippen LogP contribution in [0.2, 0.25) is 5.02 Å². The van der Waals surface area contributed by atoms with Gasteiger partial charge in [-0.3, -0.25) is 9.36 Å². The highest BCUT2D eigenvalue weighted by molar-refractivity contribution is 6.30. The summed E-state index contributed by atoms with van der Waals surface area (Å²) in [4.78, 5) is 18.7. The number of hydrogen-bond donors (Lipinski definition) is 0. The fourth-order valence-electron chi connectivity index (χ4n) is 4.44. The van der Waals surface area contributed by atoms with Crippen LogP contribution in [0.3, 0.4) is 0 Å². The molecule has 4 aromatic rings. The Kier molecular flexibility index (Phi) is 7.48. The van der Waals surface area contributed by atoms with Crippen molar-refractivity contribution in [1.82, 2.24) is 9.55 Å². The van der Waals surface area contributed by atoms with Crippen molar-refractivity contribution in [2.45, 2.75) is 46.5 Å². The first-order valence-electron chi connectivity index (χ1n) is 11.9. The van der Waals surface area contributed by atoms with Crippen LogP contribution in [0.4, 0.5) is 0 Å². The van der Waals surface area contributed by atoms with E-state index in [9.17, 15) is 10.1 Å². The lowest BCUT2D eigenvalue weighted by Gasteiger charge is -2.16. The van der Waals surface area contributed by atoms with E-state index in [1.807, 2.05) is 80.6 Å². The maximum atomic E-state index is 13.8. The third-order valence-corrected chi connectivity index (χ3v) is 6.39. The Morgan fingerprint density at radius 1 is 1.03 bits per heavy atom. The first kappa shape index (κ1) is 24.4. The number of aryl methyl sites for hydroxylation is 3. The summed E-state index contributed by atoms with van der Waals surface area (Å²) in [5.74, 6) is 0.662. The van der Waals surface area contributed by atoms with Crippen LogP contribution in [-0.4, -0.2) is 9.55 Å². The van der Waals surface area contributed by atoms with Gasteiger partial charge in [-0.05, 0) is 73.2 Å². The summed E-state index contributed by atoms with van der Waals surface area (Å²) in [5, 5.41) is 10.0. The average molecular weight is 482 g/mol. The van der Waals surface area contributed by atoms with Crippen molar-refractivity contribution in [2.75, 3.05) is 0 Å². The van der Waals surface area contributed by atoms with E-state index in [4.69, 9.17) is 16.6 Å². The number of hydrogen-bond acceptors (Lipinski definition) is 3. The van der Waals surface area contributed by atoms with E-state index in [-0.39, 0.29) is 5.56 Å². The van der Waals surface area contributed by atoms with Gasteiger partial charge in [0.2, 0.25) is 0 Å². The van der Waals surface area contributed by atoms with Crippen molar-refractivity contribution in [3.8, 4) is 22.9 Å². The van der Waals surface area contributed by atoms with Crippen LogP contribution < -0.4 is 5.56 Å². The third kappa shape index (κ3) is 5.37. The summed E-state index contributed by atoms with van der Waals surface area (Å²) in [6.07, 6.45) is 3.27. The zero-order chi connectivity index (χ0) is 24.9. The number of halogens is 1. The van der Waals surface area contributed by atoms with Gasteiger partial charge < -0.3 is 0 Å². The monoisotopic (exact) mass is 481 g/mol. The lowest BCUT2D eigenvalue weighted by Crippen LogP contribution is -2.28. The molecule has 0 N–H and O–H groups in total. The lowest BCUT2D eigenvalue weighted by molar-refractivity contribution is 0.733. The predicted octanol–water partition coefficient (Wildman–Crippen LogP) is 6.97. The standard InChI is InChI=1S/C30H28ClN3O/c1-4-5-10-29-28(30(35)34(21(3)33-29)26-16-20(2)15-25(31)18-26)17-22-11-13-23(14-12-22)27-9-7-6-8-24(27)19-32/h6-9,11-16,18H,4-5,10,17H2,1-3H3. The second kappa shape index (κ2) is 10.7. The molecule has 0 unspecified atom stereocenters. The summed E-state index contributed by atoms with van der Waals surface area (Å²) in [6, 6.07) is 23.5. The molecule has 35 heavy (non-hydrogen) atoms. The molecule has 1 heterocycles. The van der Waals surface area contributed by atoms with Gasteiger partial charge in [0, 0.05) is 17.0 Å². The normalized spacial score (nSPS) is 10.8. The van der Waals surface area contributed by atoms with Crippen molar-refractivity contribution in [1.29, 1.82) is 5.26 Å². The van der Waals surface area contributed by atoms with Crippen LogP contribution in [-0.2, 0) is 12.8 Å². The number of nitrogens with zero attached hydrogens (tertiary/aromatic N) is 3. The molecule has 0 aliphatic rings. The molecule has 0 spiro atoms. The van der Waals surface area contributed by atoms with E-state index in [0.29, 0.717) is 28.4 Å². The summed E-state index contributed by atoms with van der Waals surface area (Å²) in [7, 11) is 0. The molecule has 176 valence electrons. The van der Waals surface area contributed by atoms with Crippen molar-refractivity contribution in [3.05, 3.63) is 116 Å². The molecule has 0 radical (unpaired) electrons. The number of benzene rings is 3. The minimum atomic E-state index is -0.0517. The Balaban J connectivity index is 1.77. The summed E-state index contributed by atoms with van der Waals surface area (Å²) in [6.45, 7) is 5.98. The summed E-state index contributed by atoms with van der Waals surface area (Å²) >= 11 is 6.31. The van der Waals surface area contributed by atoms with Crippen molar-refractivity contribution in [2.24, 2.45) is 0 Å². The van der Waals surface area contributed by atoms with Gasteiger partial charge in [0.15, 0.2) is 0 Å². The third-order valence-electron chi connectivity index (χ3n) is 6.18. The zero-order valence-corrected chi connectivity index (χ0v) is 21.1. The second-order valence-electron chi connectivity index (χ2n) is 8.85. The van der Waals surface area contributed by atoms with E-state index in [0.717, 1.165) is 52.9 Å². The van der Waals surface area contributed by atoms with Gasteiger partial charge in [-0.25, -0.2) is 4.98 Å². The SMILES string of the molecule is CCCCc1nc(C)n(-c2cc(C)cc(Cl)c2)c(=O)c1Cc1ccc(-c2ccccc2C#N)cc1. The van der Waals surface area contributed by atoms with Crippen LogP contribution >= 0.6 is 11.6 Å². The lowest BCUT2D eigenvalue weighted by atomic mass is 9.96. The molecule has 1 aromatic heterocycles. The minimum absolute atomic E-state index is 0.0517. The smallest absolute Gasteiger partial charge is 0.261 e. The molecule has 0 atom stereocenters. The first-order valence-corrected chi connectivity index (χ1v) is 12.3. The van der Waals surface area contributed by atoms with E-state index in [2.05, 4.69) is 13.0 Å². The van der Waals surface area contributed by atoms with Crippen molar-refractivity contribution < 1.29 is 0 Å². The van der Waals surface area contributed by atoms with Gasteiger partial charge in [-0.2, -0.15) is 5.26 Å². The second-order valence-corrected chi connectivity index (χ2v) is 9.28. The average Bonchev–Trinajstić information content (AvgIpc) is 2.84. The molecule has 0 saturated heterocycles. The van der Waals surface area contributed by atoms with Gasteiger partial charge in [-0.1, -0.05) is 67.4 Å². The van der Waals surface area contributed by atoms with Gasteiger partial charge in [0.05, 0.1) is 23.0 Å². The van der Waals surface area contributed by atoms with Gasteiger partial charge in [-0.15, -0.1) is 0 Å². The molecule has 0 saturated carbocycles. The summed E-state index contributed by atoms with van der Waals surface area (Å²) < 4.78 is 1.67. The Labute approximate surface area is 211 Å². The molecule has 4 nitrogen and oxygen atoms in total. The van der Waals surface area contributed by atoms with Crippen LogP contribution in [0.15, 0.2) is 71.5 Å². The van der Waals surface area contributed by atoms with Gasteiger partial charge in [0.25, 0.3) is 5.56 Å². The van der Waals surface area contributed by atoms with Crippen molar-refractivity contribution >= 4 is 11.6 Å². The van der Waals surface area contributed by atoms with E-state index in [1.54, 1.807) is 4.57 Å². The number of nitriles is 1. The number of unbranched alkanes of at least 4 members (excludes halogenated alkanes) is 1. The van der Waals surface area contributed by atoms with Gasteiger partial charge >= 0.3 is 0 Å². The van der Waals surface area contributed by atoms with Crippen LogP contribution in [0.25, 0.3) is 16.8 Å². The molecule has 0 bridgehead atoms. The minimum Gasteiger partial charge on any atom is -0.269 e. The van der Waals surface area contributed by atoms with E-state index < -0.39 is 0 Å². The summed E-state index contributed by atoms with van der Waals surface area (Å²) in [5.41, 5.74) is 6.80. The van der Waals surface area contributed by atoms with Crippen LogP contribution in [0.5, 0.6) is 0 Å². The molecule has 5 heteroatoms. The molecule has 4 rings (SSSR count). The fourth-order valence-corrected chi connectivity index (χ4v) is 4.72. The largest absolute Gasteiger partial charge is 0.269 e. The first-order chi connectivity index (χ1) is 16.9. The van der Waals surface area contributed by atoms with Crippen LogP contribution in [0.1, 0.15) is 53.5 Å². The maximum absolute atomic E-state index is 13.8. The zero-order valence-electron chi connectivity index (χ0n) is 20.3. The van der Waals surface area contributed by atoms with Crippen molar-refractivity contribution in [3.63, 3.8) is 0 Å². The molecule has 3 aromatic carbocycles. The fraction of sp³-hybridized carbons (Fsp3) is 0.233. The highest BCUT2D eigenvalue weighted by Crippen LogP contribution is 2.25. The van der Waals surface area contributed by atoms with E-state index in [1.165, 1.54) is 0 Å². The topological polar surface area (TPSA) is 58.7 Å². The van der Waals surface area contributed by atoms with Gasteiger partial charge in [0.1, 0.15) is 5.82 Å². The maximum Gasteiger partial charge on any atom is 0.261 e. The molecule has 0 aliphatic carbocycles. The molecular formula is C30H28ClN3O. The molecule has 0 fully saturated rings. The number of rotatable bonds is 7.